The number of rotatable bonds is 9. The summed E-state index contributed by atoms with van der Waals surface area (Å²) >= 11 is 0. The maximum atomic E-state index is 12.2. The van der Waals surface area contributed by atoms with Crippen LogP contribution in [-0.2, 0) is 20.2 Å². The van der Waals surface area contributed by atoms with E-state index in [0.717, 1.165) is 46.1 Å². The standard InChI is InChI=1S/C34H33N7O7S2/c1-18-11-26(19(2)10-25(18)35)36-37-27-12-21(4)28(13-20(27)3)38-40-30-14-22(5)29(17-32(30)48-6)39-41-31-16-24-23(15-34(31)50(45,46)47)8-7-9-33(24)49(42,43)44/h7-17H,35H2,1-6H3,(H,42,43,44)(H,45,46,47). The first kappa shape index (κ1) is 35.9. The van der Waals surface area contributed by atoms with Crippen molar-refractivity contribution in [1.82, 2.24) is 0 Å². The second-order valence-electron chi connectivity index (χ2n) is 11.6. The Morgan fingerprint density at radius 3 is 1.50 bits per heavy atom. The van der Waals surface area contributed by atoms with E-state index in [9.17, 15) is 25.9 Å². The van der Waals surface area contributed by atoms with E-state index in [1.165, 1.54) is 25.3 Å². The van der Waals surface area contributed by atoms with Crippen molar-refractivity contribution in [2.75, 3.05) is 12.8 Å². The molecule has 0 radical (unpaired) electrons. The van der Waals surface area contributed by atoms with Crippen LogP contribution in [0.3, 0.4) is 0 Å². The highest BCUT2D eigenvalue weighted by atomic mass is 32.2. The van der Waals surface area contributed by atoms with Gasteiger partial charge in [0.2, 0.25) is 0 Å². The molecule has 4 N–H and O–H groups in total. The van der Waals surface area contributed by atoms with Gasteiger partial charge in [-0.05, 0) is 116 Å². The molecule has 0 bridgehead atoms. The molecular formula is C34H33N7O7S2. The number of fused-ring (bicyclic) bond motifs is 1. The molecule has 0 unspecified atom stereocenters. The monoisotopic (exact) mass is 715 g/mol. The van der Waals surface area contributed by atoms with Crippen molar-refractivity contribution in [3.63, 3.8) is 0 Å². The number of ether oxygens (including phenoxy) is 1. The number of aryl methyl sites for hydroxylation is 5. The van der Waals surface area contributed by atoms with Crippen molar-refractivity contribution in [3.05, 3.63) is 94.5 Å². The number of azo groups is 3. The SMILES string of the molecule is COc1cc(N=Nc2cc3c(S(=O)(=O)O)cccc3cc2S(=O)(=O)O)c(C)cc1N=Nc1cc(C)c(N=Nc2cc(C)c(N)cc2C)cc1C. The predicted molar refractivity (Wildman–Crippen MR) is 190 cm³/mol. The molecule has 5 rings (SSSR count). The molecule has 0 aliphatic carbocycles. The van der Waals surface area contributed by atoms with E-state index < -0.39 is 30.0 Å². The number of hydrogen-bond donors (Lipinski definition) is 3. The molecule has 0 spiro atoms. The van der Waals surface area contributed by atoms with E-state index in [1.54, 1.807) is 13.0 Å². The lowest BCUT2D eigenvalue weighted by Crippen LogP contribution is -2.01. The van der Waals surface area contributed by atoms with Gasteiger partial charge in [0, 0.05) is 17.1 Å². The predicted octanol–water partition coefficient (Wildman–Crippen LogP) is 9.71. The summed E-state index contributed by atoms with van der Waals surface area (Å²) in [5.74, 6) is 0.282. The van der Waals surface area contributed by atoms with E-state index >= 15 is 0 Å². The summed E-state index contributed by atoms with van der Waals surface area (Å²) in [5, 5.41) is 26.0. The molecule has 50 heavy (non-hydrogen) atoms. The lowest BCUT2D eigenvalue weighted by Gasteiger charge is -2.09. The van der Waals surface area contributed by atoms with Crippen LogP contribution in [0.1, 0.15) is 27.8 Å². The van der Waals surface area contributed by atoms with Crippen molar-refractivity contribution in [3.8, 4) is 5.75 Å². The van der Waals surface area contributed by atoms with Crippen LogP contribution in [-0.4, -0.2) is 33.1 Å². The third-order valence-corrected chi connectivity index (χ3v) is 9.66. The number of nitrogens with two attached hydrogens (primary N) is 1. The van der Waals surface area contributed by atoms with Crippen LogP contribution >= 0.6 is 0 Å². The largest absolute Gasteiger partial charge is 0.494 e. The minimum absolute atomic E-state index is 0.0185. The molecule has 0 aliphatic rings. The third-order valence-electron chi connectivity index (χ3n) is 7.87. The van der Waals surface area contributed by atoms with Crippen molar-refractivity contribution in [2.45, 2.75) is 44.4 Å². The molecular weight excluding hydrogens is 683 g/mol. The summed E-state index contributed by atoms with van der Waals surface area (Å²) in [6, 6.07) is 16.7. The molecule has 0 fully saturated rings. The van der Waals surface area contributed by atoms with Crippen LogP contribution < -0.4 is 10.5 Å². The molecule has 0 aliphatic heterocycles. The van der Waals surface area contributed by atoms with Crippen LogP contribution in [0.15, 0.2) is 107 Å². The summed E-state index contributed by atoms with van der Waals surface area (Å²) in [5.41, 5.74) is 13.0. The van der Waals surface area contributed by atoms with Gasteiger partial charge in [-0.3, -0.25) is 9.11 Å². The van der Waals surface area contributed by atoms with Gasteiger partial charge in [-0.15, -0.1) is 10.2 Å². The topological polar surface area (TPSA) is 218 Å². The Morgan fingerprint density at radius 2 is 0.980 bits per heavy atom. The average Bonchev–Trinajstić information content (AvgIpc) is 3.04. The number of nitrogens with zero attached hydrogens (tertiary/aromatic N) is 6. The molecule has 0 saturated heterocycles. The summed E-state index contributed by atoms with van der Waals surface area (Å²) in [6.45, 7) is 9.32. The van der Waals surface area contributed by atoms with Gasteiger partial charge in [0.15, 0.2) is 0 Å². The maximum Gasteiger partial charge on any atom is 0.296 e. The lowest BCUT2D eigenvalue weighted by molar-refractivity contribution is 0.416. The first-order valence-electron chi connectivity index (χ1n) is 14.9. The molecule has 0 heterocycles. The summed E-state index contributed by atoms with van der Waals surface area (Å²) in [4.78, 5) is -1.07. The molecule has 14 nitrogen and oxygen atoms in total. The van der Waals surface area contributed by atoms with Crippen molar-refractivity contribution in [1.29, 1.82) is 0 Å². The van der Waals surface area contributed by atoms with Gasteiger partial charge < -0.3 is 10.5 Å². The number of anilines is 1. The third kappa shape index (κ3) is 7.73. The van der Waals surface area contributed by atoms with Gasteiger partial charge in [-0.2, -0.15) is 37.3 Å². The van der Waals surface area contributed by atoms with Crippen LogP contribution in [0.25, 0.3) is 10.8 Å². The first-order chi connectivity index (χ1) is 23.5. The Kier molecular flexibility index (Phi) is 9.92. The Bertz CT molecular complexity index is 2500. The van der Waals surface area contributed by atoms with E-state index in [1.807, 2.05) is 52.0 Å². The molecule has 0 atom stereocenters. The Hall–Kier alpha value is -5.42. The first-order valence-corrected chi connectivity index (χ1v) is 17.8. The Balaban J connectivity index is 1.46. The molecule has 5 aromatic rings. The van der Waals surface area contributed by atoms with Crippen LogP contribution in [0.2, 0.25) is 0 Å². The number of benzene rings is 5. The fourth-order valence-electron chi connectivity index (χ4n) is 5.04. The zero-order valence-corrected chi connectivity index (χ0v) is 29.5. The lowest BCUT2D eigenvalue weighted by atomic mass is 10.1. The second kappa shape index (κ2) is 13.8. The maximum absolute atomic E-state index is 12.2. The van der Waals surface area contributed by atoms with Crippen LogP contribution in [0.5, 0.6) is 5.75 Å². The van der Waals surface area contributed by atoms with Crippen molar-refractivity contribution < 1.29 is 30.7 Å². The summed E-state index contributed by atoms with van der Waals surface area (Å²) < 4.78 is 73.4. The number of hydrogen-bond acceptors (Lipinski definition) is 12. The van der Waals surface area contributed by atoms with Gasteiger partial charge in [0.1, 0.15) is 26.9 Å². The molecule has 0 saturated carbocycles. The zero-order chi connectivity index (χ0) is 36.5. The average molecular weight is 716 g/mol. The van der Waals surface area contributed by atoms with Gasteiger partial charge in [0.25, 0.3) is 20.2 Å². The highest BCUT2D eigenvalue weighted by Crippen LogP contribution is 2.39. The van der Waals surface area contributed by atoms with Crippen molar-refractivity contribution >= 4 is 70.8 Å². The van der Waals surface area contributed by atoms with Gasteiger partial charge >= 0.3 is 0 Å². The molecule has 258 valence electrons. The minimum atomic E-state index is -4.80. The molecule has 16 heteroatoms. The zero-order valence-electron chi connectivity index (χ0n) is 27.9. The fourth-order valence-corrected chi connectivity index (χ4v) is 6.39. The van der Waals surface area contributed by atoms with Crippen LogP contribution in [0, 0.1) is 34.6 Å². The van der Waals surface area contributed by atoms with E-state index in [4.69, 9.17) is 10.5 Å². The van der Waals surface area contributed by atoms with E-state index in [-0.39, 0.29) is 27.9 Å². The quantitative estimate of drug-likeness (QED) is 0.0755. The molecule has 5 aromatic carbocycles. The second-order valence-corrected chi connectivity index (χ2v) is 14.4. The smallest absolute Gasteiger partial charge is 0.296 e. The van der Waals surface area contributed by atoms with E-state index in [2.05, 4.69) is 30.7 Å². The highest BCUT2D eigenvalue weighted by molar-refractivity contribution is 7.86. The van der Waals surface area contributed by atoms with Gasteiger partial charge in [-0.1, -0.05) is 12.1 Å². The number of nitrogen functional groups attached to an aromatic ring is 1. The van der Waals surface area contributed by atoms with Crippen LogP contribution in [0.4, 0.5) is 39.8 Å². The Labute approximate surface area is 289 Å². The normalized spacial score (nSPS) is 12.6. The minimum Gasteiger partial charge on any atom is -0.494 e. The molecule has 0 aromatic heterocycles. The van der Waals surface area contributed by atoms with Gasteiger partial charge in [-0.25, -0.2) is 0 Å². The van der Waals surface area contributed by atoms with Crippen molar-refractivity contribution in [2.24, 2.45) is 30.7 Å². The highest BCUT2D eigenvalue weighted by Gasteiger charge is 2.21. The van der Waals surface area contributed by atoms with E-state index in [0.29, 0.717) is 28.3 Å². The Morgan fingerprint density at radius 1 is 0.540 bits per heavy atom. The summed E-state index contributed by atoms with van der Waals surface area (Å²) in [6.07, 6.45) is 0. The fraction of sp³-hybridized carbons (Fsp3) is 0.176. The molecule has 0 amide bonds. The summed E-state index contributed by atoms with van der Waals surface area (Å²) in [7, 11) is -8.04. The number of methoxy groups -OCH3 is 1. The van der Waals surface area contributed by atoms with Gasteiger partial charge in [0.05, 0.1) is 29.9 Å².